The summed E-state index contributed by atoms with van der Waals surface area (Å²) in [5.74, 6) is 0.176. The molecule has 52 heavy (non-hydrogen) atoms. The lowest BCUT2D eigenvalue weighted by molar-refractivity contribution is -0.143. The molecule has 5 aliphatic heterocycles. The van der Waals surface area contributed by atoms with Gasteiger partial charge in [-0.2, -0.15) is 0 Å². The normalized spacial score (nSPS) is 18.6. The molecule has 0 amide bonds. The Morgan fingerprint density at radius 1 is 0.712 bits per heavy atom. The highest BCUT2D eigenvalue weighted by Gasteiger charge is 2.28. The lowest BCUT2D eigenvalue weighted by atomic mass is 10.0. The van der Waals surface area contributed by atoms with Crippen LogP contribution < -0.4 is 5.32 Å². The molecule has 0 atom stereocenters. The van der Waals surface area contributed by atoms with Crippen molar-refractivity contribution in [2.45, 2.75) is 25.7 Å². The molecular weight excluding hydrogens is 652 g/mol. The Hall–Kier alpha value is -6.55. The first-order chi connectivity index (χ1) is 25.4. The van der Waals surface area contributed by atoms with Crippen molar-refractivity contribution in [3.8, 4) is 0 Å². The minimum Gasteiger partial charge on any atom is -0.461 e. The van der Waals surface area contributed by atoms with Crippen molar-refractivity contribution in [3.63, 3.8) is 0 Å². The van der Waals surface area contributed by atoms with Crippen LogP contribution in [0.3, 0.4) is 0 Å². The molecule has 0 fully saturated rings. The molecule has 8 bridgehead atoms. The standard InChI is InChI=1S/C42H38N6O4/c1-4-25-51-38(49)21-11-28-30-13-17-34(44-30)40(27-9-7-6-8-10-27)35-18-14-31(45-35)29(12-22-39(50)52-26-5-2)33-16-20-37(47-33)41(36-19-15-32(28)46-36)42-43-23-24-48(42)3/h4-10,13-20,23-24,43-44H,1-2,11-12,21-22,25-26H2,3H3. The van der Waals surface area contributed by atoms with Gasteiger partial charge >= 0.3 is 11.9 Å². The third-order valence-corrected chi connectivity index (χ3v) is 8.95. The monoisotopic (exact) mass is 690 g/mol. The van der Waals surface area contributed by atoms with E-state index in [1.807, 2.05) is 91.1 Å². The van der Waals surface area contributed by atoms with E-state index in [2.05, 4.69) is 35.6 Å². The molecule has 6 heterocycles. The molecule has 0 saturated heterocycles. The maximum Gasteiger partial charge on any atom is 0.306 e. The highest BCUT2D eigenvalue weighted by Crippen LogP contribution is 2.36. The zero-order valence-corrected chi connectivity index (χ0v) is 28.9. The van der Waals surface area contributed by atoms with Gasteiger partial charge in [-0.3, -0.25) is 9.59 Å². The summed E-state index contributed by atoms with van der Waals surface area (Å²) in [6, 6.07) is 14.1. The first kappa shape index (κ1) is 33.9. The average Bonchev–Trinajstić information content (AvgIpc) is 4.01. The van der Waals surface area contributed by atoms with Crippen LogP contribution in [0.2, 0.25) is 0 Å². The molecular formula is C42H38N6O4. The van der Waals surface area contributed by atoms with E-state index in [1.54, 1.807) is 12.2 Å². The highest BCUT2D eigenvalue weighted by molar-refractivity contribution is 6.34. The third kappa shape index (κ3) is 7.04. The molecule has 0 radical (unpaired) electrons. The van der Waals surface area contributed by atoms with E-state index >= 15 is 0 Å². The first-order valence-electron chi connectivity index (χ1n) is 17.1. The fourth-order valence-corrected chi connectivity index (χ4v) is 6.49. The van der Waals surface area contributed by atoms with Crippen molar-refractivity contribution in [3.05, 3.63) is 168 Å². The van der Waals surface area contributed by atoms with Crippen molar-refractivity contribution in [2.24, 2.45) is 15.0 Å². The van der Waals surface area contributed by atoms with Crippen LogP contribution in [0.4, 0.5) is 0 Å². The van der Waals surface area contributed by atoms with Crippen LogP contribution in [-0.4, -0.2) is 59.2 Å². The fourth-order valence-electron chi connectivity index (χ4n) is 6.49. The molecule has 0 unspecified atom stereocenters. The molecule has 5 aliphatic rings. The smallest absolute Gasteiger partial charge is 0.306 e. The molecule has 2 N–H and O–H groups in total. The number of aromatic nitrogens is 1. The van der Waals surface area contributed by atoms with E-state index in [4.69, 9.17) is 24.5 Å². The van der Waals surface area contributed by atoms with Gasteiger partial charge in [0.2, 0.25) is 0 Å². The summed E-state index contributed by atoms with van der Waals surface area (Å²) in [6.45, 7) is 7.61. The van der Waals surface area contributed by atoms with Crippen molar-refractivity contribution < 1.29 is 19.1 Å². The lowest BCUT2D eigenvalue weighted by Crippen LogP contribution is -2.23. The second kappa shape index (κ2) is 15.1. The second-order valence-corrected chi connectivity index (χ2v) is 12.4. The Kier molecular flexibility index (Phi) is 9.88. The number of nitrogens with one attached hydrogen (secondary N) is 2. The lowest BCUT2D eigenvalue weighted by Gasteiger charge is -2.17. The number of ether oxygens (including phenoxy) is 2. The van der Waals surface area contributed by atoms with Crippen LogP contribution in [0.15, 0.2) is 166 Å². The van der Waals surface area contributed by atoms with Gasteiger partial charge in [0.25, 0.3) is 0 Å². The van der Waals surface area contributed by atoms with Crippen LogP contribution in [0.1, 0.15) is 42.6 Å². The summed E-state index contributed by atoms with van der Waals surface area (Å²) < 4.78 is 10.6. The van der Waals surface area contributed by atoms with E-state index < -0.39 is 0 Å². The van der Waals surface area contributed by atoms with Crippen LogP contribution in [0.5, 0.6) is 0 Å². The molecule has 7 rings (SSSR count). The van der Waals surface area contributed by atoms with Crippen molar-refractivity contribution in [1.29, 1.82) is 0 Å². The summed E-state index contributed by atoms with van der Waals surface area (Å²) in [7, 11) is 1.96. The van der Waals surface area contributed by atoms with E-state index in [1.165, 1.54) is 0 Å². The van der Waals surface area contributed by atoms with Gasteiger partial charge in [-0.05, 0) is 67.0 Å². The molecule has 260 valence electrons. The van der Waals surface area contributed by atoms with Crippen LogP contribution in [0, 0.1) is 0 Å². The van der Waals surface area contributed by atoms with Gasteiger partial charge < -0.3 is 24.7 Å². The summed E-state index contributed by atoms with van der Waals surface area (Å²) in [5.41, 5.74) is 10.4. The van der Waals surface area contributed by atoms with E-state index in [-0.39, 0.29) is 38.0 Å². The topological polar surface area (TPSA) is 121 Å². The van der Waals surface area contributed by atoms with Crippen LogP contribution >= 0.6 is 0 Å². The fraction of sp³-hybridized carbons (Fsp3) is 0.167. The van der Waals surface area contributed by atoms with E-state index in [0.717, 1.165) is 62.2 Å². The van der Waals surface area contributed by atoms with Gasteiger partial charge in [0.1, 0.15) is 19.0 Å². The minimum atomic E-state index is -0.325. The second-order valence-electron chi connectivity index (χ2n) is 12.4. The molecule has 1 aromatic heterocycles. The quantitative estimate of drug-likeness (QED) is 0.193. The first-order valence-corrected chi connectivity index (χ1v) is 17.1. The predicted molar refractivity (Wildman–Crippen MR) is 205 cm³/mol. The zero-order chi connectivity index (χ0) is 36.0. The number of fused-ring (bicyclic) bond motifs is 5. The molecule has 2 aromatic rings. The number of esters is 2. The van der Waals surface area contributed by atoms with E-state index in [9.17, 15) is 9.59 Å². The number of aliphatic imine (C=N–C) groups is 3. The number of carbonyl (C=O) groups is 2. The molecule has 0 aliphatic carbocycles. The van der Waals surface area contributed by atoms with Crippen LogP contribution in [-0.2, 0) is 19.1 Å². The van der Waals surface area contributed by atoms with Crippen molar-refractivity contribution >= 4 is 40.2 Å². The Bertz CT molecular complexity index is 2200. The maximum atomic E-state index is 12.7. The van der Waals surface area contributed by atoms with Crippen molar-refractivity contribution in [2.75, 3.05) is 20.3 Å². The van der Waals surface area contributed by atoms with Gasteiger partial charge in [0.05, 0.1) is 39.8 Å². The molecule has 0 saturated carbocycles. The Morgan fingerprint density at radius 3 is 1.92 bits per heavy atom. The van der Waals surface area contributed by atoms with Crippen molar-refractivity contribution in [1.82, 2.24) is 15.2 Å². The van der Waals surface area contributed by atoms with Gasteiger partial charge in [-0.15, -0.1) is 0 Å². The third-order valence-electron chi connectivity index (χ3n) is 8.95. The van der Waals surface area contributed by atoms with Gasteiger partial charge in [-0.1, -0.05) is 55.6 Å². The number of carbonyl (C=O) groups excluding carboxylic acids is 2. The van der Waals surface area contributed by atoms with Gasteiger partial charge in [-0.25, -0.2) is 15.0 Å². The summed E-state index contributed by atoms with van der Waals surface area (Å²) in [5, 5.41) is 3.36. The number of aromatic amines is 1. The SMILES string of the molecule is C=CCOC(=O)CCC1=C2C=CC(=N2)C(=C2NC=CN2C)C2=NC(=C(CCC(=O)OCC=C)c3ccc([nH]3)C(c3ccccc3)=C3C=CC1=N3)C=C2. The number of rotatable bonds is 11. The summed E-state index contributed by atoms with van der Waals surface area (Å²) in [6.07, 6.45) is 19.9. The van der Waals surface area contributed by atoms with Crippen LogP contribution in [0.25, 0.3) is 11.1 Å². The molecule has 10 heteroatoms. The molecule has 0 spiro atoms. The predicted octanol–water partition coefficient (Wildman–Crippen LogP) is 7.02. The number of allylic oxidation sites excluding steroid dienone is 9. The van der Waals surface area contributed by atoms with Gasteiger partial charge in [0.15, 0.2) is 0 Å². The minimum absolute atomic E-state index is 0.151. The highest BCUT2D eigenvalue weighted by atomic mass is 16.5. The Morgan fingerprint density at radius 2 is 1.29 bits per heavy atom. The zero-order valence-electron chi connectivity index (χ0n) is 28.9. The maximum absolute atomic E-state index is 12.7. The molecule has 10 nitrogen and oxygen atoms in total. The number of hydrogen-bond donors (Lipinski definition) is 2. The average molecular weight is 691 g/mol. The Labute approximate surface area is 302 Å². The Balaban J connectivity index is 1.43. The number of H-pyrrole nitrogens is 1. The van der Waals surface area contributed by atoms with Gasteiger partial charge in [0, 0.05) is 60.4 Å². The number of benzene rings is 1. The van der Waals surface area contributed by atoms with E-state index in [0.29, 0.717) is 30.0 Å². The molecule has 1 aromatic carbocycles. The number of nitrogens with zero attached hydrogens (tertiary/aromatic N) is 4. The summed E-state index contributed by atoms with van der Waals surface area (Å²) in [4.78, 5) is 46.5. The number of hydrogen-bond acceptors (Lipinski definition) is 9. The summed E-state index contributed by atoms with van der Waals surface area (Å²) >= 11 is 0. The largest absolute Gasteiger partial charge is 0.461 e.